The van der Waals surface area contributed by atoms with Crippen LogP contribution in [0.3, 0.4) is 0 Å². The van der Waals surface area contributed by atoms with Crippen LogP contribution in [-0.2, 0) is 9.98 Å². The molecule has 0 N–H and O–H groups in total. The van der Waals surface area contributed by atoms with Gasteiger partial charge in [0.1, 0.15) is 6.54 Å². The van der Waals surface area contributed by atoms with Crippen molar-refractivity contribution in [2.45, 2.75) is 33.1 Å². The summed E-state index contributed by atoms with van der Waals surface area (Å²) in [5, 5.41) is -0.125. The quantitative estimate of drug-likeness (QED) is 0.583. The molecule has 0 saturated carbocycles. The van der Waals surface area contributed by atoms with Crippen LogP contribution in [0.5, 0.6) is 0 Å². The smallest absolute Gasteiger partial charge is 0.209 e. The summed E-state index contributed by atoms with van der Waals surface area (Å²) in [5.41, 5.74) is 2.84. The lowest BCUT2D eigenvalue weighted by Gasteiger charge is -2.30. The van der Waals surface area contributed by atoms with E-state index in [0.29, 0.717) is 0 Å². The predicted octanol–water partition coefficient (Wildman–Crippen LogP) is 0.642. The first-order chi connectivity index (χ1) is 8.19. The maximum absolute atomic E-state index is 11.1. The van der Waals surface area contributed by atoms with Gasteiger partial charge in [-0.05, 0) is 45.8 Å². The predicted molar refractivity (Wildman–Crippen MR) is 67.9 cm³/mol. The van der Waals surface area contributed by atoms with Crippen molar-refractivity contribution in [2.75, 3.05) is 6.54 Å². The monoisotopic (exact) mass is 266 g/mol. The highest BCUT2D eigenvalue weighted by Gasteiger charge is 2.42. The van der Waals surface area contributed by atoms with Crippen LogP contribution < -0.4 is 15.1 Å². The molecule has 0 fully saturated rings. The summed E-state index contributed by atoms with van der Waals surface area (Å²) in [6.07, 6.45) is 0. The molecule has 5 heteroatoms. The Morgan fingerprint density at radius 1 is 1.33 bits per heavy atom. The molecule has 4 nitrogen and oxygen atoms in total. The van der Waals surface area contributed by atoms with Gasteiger partial charge >= 0.3 is 0 Å². The normalized spacial score (nSPS) is 18.1. The van der Waals surface area contributed by atoms with Crippen LogP contribution in [0.4, 0.5) is 5.69 Å². The van der Waals surface area contributed by atoms with Crippen molar-refractivity contribution in [1.82, 2.24) is 0 Å². The molecule has 0 spiro atoms. The summed E-state index contributed by atoms with van der Waals surface area (Å²) in [6, 6.07) is 4.65. The highest BCUT2D eigenvalue weighted by molar-refractivity contribution is 7.57. The average molecular weight is 266 g/mol. The molecule has 1 aromatic rings. The van der Waals surface area contributed by atoms with E-state index in [1.165, 1.54) is 17.8 Å². The number of fused-ring (bicyclic) bond motifs is 1. The third kappa shape index (κ3) is 1.85. The zero-order valence-electron chi connectivity index (χ0n) is 11.1. The second-order valence-electron chi connectivity index (χ2n) is 5.15. The van der Waals surface area contributed by atoms with E-state index < -0.39 is 7.60 Å². The van der Waals surface area contributed by atoms with E-state index in [1.54, 1.807) is 6.07 Å². The molecule has 0 atom stereocenters. The molecule has 1 aliphatic heterocycles. The van der Waals surface area contributed by atoms with Gasteiger partial charge in [0.25, 0.3) is 0 Å². The largest absolute Gasteiger partial charge is 0.807 e. The maximum Gasteiger partial charge on any atom is 0.209 e. The Morgan fingerprint density at radius 2 is 1.94 bits per heavy atom. The summed E-state index contributed by atoms with van der Waals surface area (Å²) in [4.78, 5) is 22.3. The Morgan fingerprint density at radius 3 is 2.44 bits per heavy atom. The second-order valence-corrected chi connectivity index (χ2v) is 6.66. The zero-order chi connectivity index (χ0) is 13.7. The lowest BCUT2D eigenvalue weighted by atomic mass is 9.82. The van der Waals surface area contributed by atoms with E-state index in [-0.39, 0.29) is 10.7 Å². The SMILES string of the molecule is CC[N+]1=C(C)C(C)(C)c2cc(P(=O)([O-])[O-])ccc21. The number of nitrogens with zero attached hydrogens (tertiary/aromatic N) is 1. The minimum absolute atomic E-state index is 0.125. The molecule has 0 bridgehead atoms. The highest BCUT2D eigenvalue weighted by atomic mass is 31.2. The van der Waals surface area contributed by atoms with Gasteiger partial charge in [0.05, 0.1) is 5.41 Å². The molecule has 0 amide bonds. The Labute approximate surface area is 107 Å². The first-order valence-corrected chi connectivity index (χ1v) is 7.52. The molecule has 0 aliphatic carbocycles. The van der Waals surface area contributed by atoms with Crippen LogP contribution in [0.25, 0.3) is 0 Å². The Balaban J connectivity index is 2.68. The van der Waals surface area contributed by atoms with Gasteiger partial charge in [-0.3, -0.25) is 0 Å². The van der Waals surface area contributed by atoms with Gasteiger partial charge in [-0.2, -0.15) is 4.58 Å². The van der Waals surface area contributed by atoms with Crippen LogP contribution in [0.1, 0.15) is 33.3 Å². The van der Waals surface area contributed by atoms with Crippen LogP contribution in [-0.4, -0.2) is 16.8 Å². The van der Waals surface area contributed by atoms with Gasteiger partial charge in [0.15, 0.2) is 5.71 Å². The molecule has 1 heterocycles. The molecule has 18 heavy (non-hydrogen) atoms. The molecular formula is C13H17NO3P-. The molecule has 0 saturated heterocycles. The molecule has 0 radical (unpaired) electrons. The number of hydrogen-bond donors (Lipinski definition) is 0. The Bertz CT molecular complexity index is 584. The van der Waals surface area contributed by atoms with Gasteiger partial charge in [0, 0.05) is 18.6 Å². The van der Waals surface area contributed by atoms with Gasteiger partial charge in [-0.1, -0.05) is 0 Å². The van der Waals surface area contributed by atoms with E-state index in [0.717, 1.165) is 17.8 Å². The summed E-state index contributed by atoms with van der Waals surface area (Å²) in [7, 11) is -4.68. The number of benzene rings is 1. The molecule has 98 valence electrons. The third-order valence-electron chi connectivity index (χ3n) is 3.89. The van der Waals surface area contributed by atoms with E-state index in [4.69, 9.17) is 0 Å². The van der Waals surface area contributed by atoms with Gasteiger partial charge < -0.3 is 14.4 Å². The topological polar surface area (TPSA) is 66.2 Å². The van der Waals surface area contributed by atoms with E-state index in [9.17, 15) is 14.4 Å². The lowest BCUT2D eigenvalue weighted by molar-refractivity contribution is -0.434. The van der Waals surface area contributed by atoms with Gasteiger partial charge in [-0.25, -0.2) is 0 Å². The maximum atomic E-state index is 11.1. The second kappa shape index (κ2) is 4.02. The van der Waals surface area contributed by atoms with Crippen LogP contribution in [0.2, 0.25) is 0 Å². The first kappa shape index (κ1) is 13.5. The van der Waals surface area contributed by atoms with Crippen molar-refractivity contribution in [2.24, 2.45) is 0 Å². The van der Waals surface area contributed by atoms with Crippen molar-refractivity contribution in [1.29, 1.82) is 0 Å². The third-order valence-corrected chi connectivity index (χ3v) is 4.80. The Hall–Kier alpha value is -0.960. The minimum Gasteiger partial charge on any atom is -0.807 e. The first-order valence-electron chi connectivity index (χ1n) is 5.98. The zero-order valence-corrected chi connectivity index (χ0v) is 12.0. The van der Waals surface area contributed by atoms with Crippen LogP contribution in [0.15, 0.2) is 18.2 Å². The van der Waals surface area contributed by atoms with Crippen molar-refractivity contribution in [3.63, 3.8) is 0 Å². The van der Waals surface area contributed by atoms with Crippen LogP contribution in [0, 0.1) is 0 Å². The van der Waals surface area contributed by atoms with E-state index in [2.05, 4.69) is 11.5 Å². The summed E-state index contributed by atoms with van der Waals surface area (Å²) >= 11 is 0. The average Bonchev–Trinajstić information content (AvgIpc) is 2.46. The molecular weight excluding hydrogens is 249 g/mol. The standard InChI is InChI=1S/C13H18NO3P/c1-5-14-9(2)13(3,4)11-8-10(18(15,16)17)6-7-12(11)14/h6-8H,5H2,1-4H3,(H-,15,16,17)/p-1. The van der Waals surface area contributed by atoms with Crippen molar-refractivity contribution in [3.05, 3.63) is 23.8 Å². The fraction of sp³-hybridized carbons (Fsp3) is 0.462. The molecule has 1 aliphatic rings. The Kier molecular flexibility index (Phi) is 3.01. The fourth-order valence-electron chi connectivity index (χ4n) is 2.55. The fourth-order valence-corrected chi connectivity index (χ4v) is 3.10. The van der Waals surface area contributed by atoms with Crippen molar-refractivity contribution >= 4 is 24.3 Å². The van der Waals surface area contributed by atoms with Gasteiger partial charge in [0.2, 0.25) is 5.69 Å². The highest BCUT2D eigenvalue weighted by Crippen LogP contribution is 2.40. The minimum atomic E-state index is -4.68. The van der Waals surface area contributed by atoms with Crippen LogP contribution >= 0.6 is 7.60 Å². The summed E-state index contributed by atoms with van der Waals surface area (Å²) in [5.74, 6) is 0. The molecule has 1 aromatic carbocycles. The molecule has 0 unspecified atom stereocenters. The lowest BCUT2D eigenvalue weighted by Crippen LogP contribution is -2.28. The summed E-state index contributed by atoms with van der Waals surface area (Å²) < 4.78 is 13.3. The van der Waals surface area contributed by atoms with Crippen molar-refractivity contribution in [3.8, 4) is 0 Å². The van der Waals surface area contributed by atoms with E-state index in [1.807, 2.05) is 20.8 Å². The van der Waals surface area contributed by atoms with Crippen molar-refractivity contribution < 1.29 is 18.9 Å². The van der Waals surface area contributed by atoms with E-state index >= 15 is 0 Å². The van der Waals surface area contributed by atoms with Gasteiger partial charge in [-0.15, -0.1) is 0 Å². The summed E-state index contributed by atoms with van der Waals surface area (Å²) in [6.45, 7) is 9.00. The number of rotatable bonds is 2. The molecule has 0 aromatic heterocycles. The molecule has 2 rings (SSSR count). The number of hydrogen-bond acceptors (Lipinski definition) is 3.